The van der Waals surface area contributed by atoms with Gasteiger partial charge in [-0.3, -0.25) is 14.2 Å². The van der Waals surface area contributed by atoms with Gasteiger partial charge < -0.3 is 9.84 Å². The number of halogens is 1. The molecular formula is C20H18ClN5O3S. The van der Waals surface area contributed by atoms with Crippen LogP contribution < -0.4 is 10.9 Å². The van der Waals surface area contributed by atoms with E-state index >= 15 is 0 Å². The van der Waals surface area contributed by atoms with Gasteiger partial charge in [-0.25, -0.2) is 4.98 Å². The molecule has 0 atom stereocenters. The van der Waals surface area contributed by atoms with Gasteiger partial charge in [0.2, 0.25) is 11.7 Å². The summed E-state index contributed by atoms with van der Waals surface area (Å²) < 4.78 is 6.74. The standard InChI is InChI=1S/C20H18ClN5O3S/c1-10(2)23-14(27)8-26-9-22-19-15(20(26)28)11(3)16(30-19)18-24-17(25-29-18)12-6-4-5-7-13(12)21/h4-7,9-10H,8H2,1-3H3,(H,23,27). The van der Waals surface area contributed by atoms with Crippen LogP contribution in [-0.2, 0) is 11.3 Å². The summed E-state index contributed by atoms with van der Waals surface area (Å²) in [4.78, 5) is 35.0. The summed E-state index contributed by atoms with van der Waals surface area (Å²) in [6.07, 6.45) is 1.38. The minimum Gasteiger partial charge on any atom is -0.352 e. The molecule has 30 heavy (non-hydrogen) atoms. The first-order valence-electron chi connectivity index (χ1n) is 9.22. The molecule has 4 aromatic rings. The van der Waals surface area contributed by atoms with Gasteiger partial charge in [-0.1, -0.05) is 28.9 Å². The Hall–Kier alpha value is -3.04. The van der Waals surface area contributed by atoms with E-state index in [1.807, 2.05) is 26.0 Å². The van der Waals surface area contributed by atoms with Crippen LogP contribution in [0.2, 0.25) is 5.02 Å². The summed E-state index contributed by atoms with van der Waals surface area (Å²) in [5.74, 6) is 0.403. The van der Waals surface area contributed by atoms with E-state index in [0.29, 0.717) is 37.1 Å². The van der Waals surface area contributed by atoms with Gasteiger partial charge in [0.25, 0.3) is 11.4 Å². The van der Waals surface area contributed by atoms with E-state index in [4.69, 9.17) is 16.1 Å². The highest BCUT2D eigenvalue weighted by molar-refractivity contribution is 7.22. The molecule has 8 nitrogen and oxygen atoms in total. The van der Waals surface area contributed by atoms with Gasteiger partial charge in [0.15, 0.2) is 0 Å². The molecule has 3 heterocycles. The average molecular weight is 444 g/mol. The summed E-state index contributed by atoms with van der Waals surface area (Å²) in [6.45, 7) is 5.42. The van der Waals surface area contributed by atoms with Crippen molar-refractivity contribution in [2.24, 2.45) is 0 Å². The molecule has 10 heteroatoms. The number of rotatable bonds is 5. The fourth-order valence-electron chi connectivity index (χ4n) is 3.07. The summed E-state index contributed by atoms with van der Waals surface area (Å²) in [6, 6.07) is 7.20. The maximum Gasteiger partial charge on any atom is 0.268 e. The van der Waals surface area contributed by atoms with Crippen LogP contribution in [0.4, 0.5) is 0 Å². The number of thiophene rings is 1. The van der Waals surface area contributed by atoms with E-state index in [2.05, 4.69) is 20.4 Å². The number of carbonyl (C=O) groups excluding carboxylic acids is 1. The lowest BCUT2D eigenvalue weighted by Gasteiger charge is -2.09. The first-order valence-corrected chi connectivity index (χ1v) is 10.4. The number of aryl methyl sites for hydroxylation is 1. The highest BCUT2D eigenvalue weighted by Gasteiger charge is 2.21. The number of nitrogens with zero attached hydrogens (tertiary/aromatic N) is 4. The molecule has 4 rings (SSSR count). The Balaban J connectivity index is 1.73. The van der Waals surface area contributed by atoms with Gasteiger partial charge in [-0.2, -0.15) is 4.98 Å². The molecule has 0 aliphatic carbocycles. The van der Waals surface area contributed by atoms with Gasteiger partial charge >= 0.3 is 0 Å². The molecule has 0 bridgehead atoms. The Morgan fingerprint density at radius 1 is 1.33 bits per heavy atom. The zero-order valence-corrected chi connectivity index (χ0v) is 18.0. The molecule has 0 fully saturated rings. The van der Waals surface area contributed by atoms with E-state index in [-0.39, 0.29) is 29.9 Å². The average Bonchev–Trinajstić information content (AvgIpc) is 3.29. The Morgan fingerprint density at radius 2 is 2.10 bits per heavy atom. The third-order valence-electron chi connectivity index (χ3n) is 4.42. The van der Waals surface area contributed by atoms with Crippen LogP contribution in [-0.4, -0.2) is 31.6 Å². The van der Waals surface area contributed by atoms with Gasteiger partial charge in [-0.05, 0) is 38.5 Å². The molecule has 0 unspecified atom stereocenters. The summed E-state index contributed by atoms with van der Waals surface area (Å²) in [5, 5.41) is 7.74. The predicted octanol–water partition coefficient (Wildman–Crippen LogP) is 3.66. The minimum atomic E-state index is -0.287. The molecule has 1 aromatic carbocycles. The number of hydrogen-bond donors (Lipinski definition) is 1. The molecule has 154 valence electrons. The third kappa shape index (κ3) is 3.73. The second-order valence-corrected chi connectivity index (χ2v) is 8.45. The van der Waals surface area contributed by atoms with Crippen LogP contribution >= 0.6 is 22.9 Å². The van der Waals surface area contributed by atoms with E-state index in [1.54, 1.807) is 19.1 Å². The lowest BCUT2D eigenvalue weighted by Crippen LogP contribution is -2.36. The van der Waals surface area contributed by atoms with E-state index in [1.165, 1.54) is 22.2 Å². The summed E-state index contributed by atoms with van der Waals surface area (Å²) in [7, 11) is 0. The number of carbonyl (C=O) groups is 1. The SMILES string of the molecule is Cc1c(-c2nc(-c3ccccc3Cl)no2)sc2ncn(CC(=O)NC(C)C)c(=O)c12. The van der Waals surface area contributed by atoms with Gasteiger partial charge in [0, 0.05) is 11.6 Å². The Morgan fingerprint density at radius 3 is 2.83 bits per heavy atom. The highest BCUT2D eigenvalue weighted by atomic mass is 35.5. The zero-order chi connectivity index (χ0) is 21.4. The van der Waals surface area contributed by atoms with Gasteiger partial charge in [-0.15, -0.1) is 11.3 Å². The molecule has 0 saturated carbocycles. The molecular weight excluding hydrogens is 426 g/mol. The molecule has 0 saturated heterocycles. The lowest BCUT2D eigenvalue weighted by molar-refractivity contribution is -0.122. The topological polar surface area (TPSA) is 103 Å². The fourth-order valence-corrected chi connectivity index (χ4v) is 4.35. The van der Waals surface area contributed by atoms with E-state index in [0.717, 1.165) is 0 Å². The van der Waals surface area contributed by atoms with Crippen LogP contribution in [0.5, 0.6) is 0 Å². The van der Waals surface area contributed by atoms with Crippen molar-refractivity contribution in [3.05, 3.63) is 51.5 Å². The Kier molecular flexibility index (Phi) is 5.40. The lowest BCUT2D eigenvalue weighted by atomic mass is 10.2. The van der Waals surface area contributed by atoms with E-state index < -0.39 is 0 Å². The first kappa shape index (κ1) is 20.2. The number of nitrogens with one attached hydrogen (secondary N) is 1. The smallest absolute Gasteiger partial charge is 0.268 e. The summed E-state index contributed by atoms with van der Waals surface area (Å²) >= 11 is 7.50. The zero-order valence-electron chi connectivity index (χ0n) is 16.5. The van der Waals surface area contributed by atoms with Crippen molar-refractivity contribution in [2.45, 2.75) is 33.4 Å². The van der Waals surface area contributed by atoms with Crippen LogP contribution in [0.25, 0.3) is 32.4 Å². The Labute approximate surface area is 180 Å². The van der Waals surface area contributed by atoms with Crippen molar-refractivity contribution < 1.29 is 9.32 Å². The number of benzene rings is 1. The molecule has 1 amide bonds. The molecule has 0 radical (unpaired) electrons. The number of amides is 1. The highest BCUT2D eigenvalue weighted by Crippen LogP contribution is 2.36. The largest absolute Gasteiger partial charge is 0.352 e. The van der Waals surface area contributed by atoms with Gasteiger partial charge in [0.05, 0.1) is 21.6 Å². The molecule has 1 N–H and O–H groups in total. The minimum absolute atomic E-state index is 0.00998. The van der Waals surface area contributed by atoms with Crippen LogP contribution in [0.1, 0.15) is 19.4 Å². The van der Waals surface area contributed by atoms with Crippen LogP contribution in [0.3, 0.4) is 0 Å². The number of fused-ring (bicyclic) bond motifs is 1. The van der Waals surface area contributed by atoms with Crippen LogP contribution in [0.15, 0.2) is 39.9 Å². The number of aromatic nitrogens is 4. The molecule has 0 aliphatic rings. The first-order chi connectivity index (χ1) is 14.3. The van der Waals surface area contributed by atoms with Crippen molar-refractivity contribution in [3.63, 3.8) is 0 Å². The Bertz CT molecular complexity index is 1310. The molecule has 3 aromatic heterocycles. The fraction of sp³-hybridized carbons (Fsp3) is 0.250. The monoisotopic (exact) mass is 443 g/mol. The maximum absolute atomic E-state index is 13.0. The predicted molar refractivity (Wildman–Crippen MR) is 116 cm³/mol. The molecule has 0 aliphatic heterocycles. The van der Waals surface area contributed by atoms with Crippen LogP contribution in [0, 0.1) is 6.92 Å². The second kappa shape index (κ2) is 8.00. The van der Waals surface area contributed by atoms with E-state index in [9.17, 15) is 9.59 Å². The van der Waals surface area contributed by atoms with Crippen molar-refractivity contribution >= 4 is 39.1 Å². The van der Waals surface area contributed by atoms with Gasteiger partial charge in [0.1, 0.15) is 11.4 Å². The van der Waals surface area contributed by atoms with Crippen molar-refractivity contribution in [2.75, 3.05) is 0 Å². The summed E-state index contributed by atoms with van der Waals surface area (Å²) in [5.41, 5.74) is 1.05. The molecule has 0 spiro atoms. The van der Waals surface area contributed by atoms with Crippen molar-refractivity contribution in [3.8, 4) is 22.2 Å². The van der Waals surface area contributed by atoms with Crippen molar-refractivity contribution in [1.29, 1.82) is 0 Å². The quantitative estimate of drug-likeness (QED) is 0.505. The van der Waals surface area contributed by atoms with Crippen molar-refractivity contribution in [1.82, 2.24) is 25.0 Å². The third-order valence-corrected chi connectivity index (χ3v) is 5.93. The second-order valence-electron chi connectivity index (χ2n) is 7.04. The maximum atomic E-state index is 13.0. The number of hydrogen-bond acceptors (Lipinski definition) is 7. The normalized spacial score (nSPS) is 11.4.